The molecule has 2 aliphatic rings. The first-order valence-corrected chi connectivity index (χ1v) is 33.5. The Morgan fingerprint density at radius 2 is 0.692 bits per heavy atom. The molecule has 0 fully saturated rings. The first-order valence-electron chi connectivity index (χ1n) is 31.8. The zero-order valence-corrected chi connectivity index (χ0v) is 54.1. The summed E-state index contributed by atoms with van der Waals surface area (Å²) in [5.41, 5.74) is 28.6. The van der Waals surface area contributed by atoms with E-state index in [1.807, 2.05) is 0 Å². The third-order valence-corrected chi connectivity index (χ3v) is 20.6. The Morgan fingerprint density at radius 1 is 0.297 bits per heavy atom. The molecule has 0 N–H and O–H groups in total. The van der Waals surface area contributed by atoms with E-state index in [2.05, 4.69) is 372 Å². The van der Waals surface area contributed by atoms with Crippen LogP contribution >= 0.6 is 0 Å². The molecule has 13 aromatic carbocycles. The van der Waals surface area contributed by atoms with E-state index < -0.39 is 0 Å². The van der Waals surface area contributed by atoms with E-state index in [0.29, 0.717) is 0 Å². The van der Waals surface area contributed by atoms with Crippen molar-refractivity contribution in [3.8, 4) is 55.6 Å². The molecule has 2 aliphatic heterocycles. The molecule has 91 heavy (non-hydrogen) atoms. The van der Waals surface area contributed by atoms with Gasteiger partial charge in [-0.05, 0) is 5.41 Å². The van der Waals surface area contributed by atoms with Crippen LogP contribution in [0.25, 0.3) is 55.6 Å². The van der Waals surface area contributed by atoms with E-state index in [-0.39, 0.29) is 32.5 Å². The van der Waals surface area contributed by atoms with Gasteiger partial charge in [-0.3, -0.25) is 0 Å². The van der Waals surface area contributed by atoms with Crippen molar-refractivity contribution in [2.24, 2.45) is 0 Å². The van der Waals surface area contributed by atoms with Crippen molar-refractivity contribution in [3.05, 3.63) is 327 Å². The van der Waals surface area contributed by atoms with Gasteiger partial charge in [0.05, 0.1) is 0 Å². The van der Waals surface area contributed by atoms with Crippen molar-refractivity contribution in [3.63, 3.8) is 0 Å². The van der Waals surface area contributed by atoms with Crippen molar-refractivity contribution in [1.82, 2.24) is 0 Å². The summed E-state index contributed by atoms with van der Waals surface area (Å²) in [6.07, 6.45) is 0. The first kappa shape index (κ1) is 57.3. The fraction of sp³-hybridized carbons (Fsp3) is 0.0930. The van der Waals surface area contributed by atoms with Crippen molar-refractivity contribution in [2.75, 3.05) is 14.7 Å². The van der Waals surface area contributed by atoms with Crippen molar-refractivity contribution < 1.29 is 0 Å². The summed E-state index contributed by atoms with van der Waals surface area (Å²) < 4.78 is 2.77. The van der Waals surface area contributed by atoms with Crippen molar-refractivity contribution in [2.45, 2.75) is 52.4 Å². The topological polar surface area (TPSA) is 9.72 Å². The summed E-state index contributed by atoms with van der Waals surface area (Å²) >= 11 is -0.109. The van der Waals surface area contributed by atoms with Crippen LogP contribution in [-0.2, 0) is 10.8 Å². The Morgan fingerprint density at radius 3 is 1.19 bits per heavy atom. The number of nitrogens with zero attached hydrogens (tertiary/aromatic N) is 3. The van der Waals surface area contributed by atoms with Crippen LogP contribution in [0.4, 0.5) is 51.2 Å². The molecular formula is C86H70BN3Se. The second-order valence-corrected chi connectivity index (χ2v) is 28.4. The monoisotopic (exact) mass is 1240 g/mol. The normalized spacial score (nSPS) is 12.4. The van der Waals surface area contributed by atoms with Gasteiger partial charge in [-0.25, -0.2) is 0 Å². The van der Waals surface area contributed by atoms with Crippen LogP contribution in [0.1, 0.15) is 52.7 Å². The molecule has 15 rings (SSSR count). The van der Waals surface area contributed by atoms with Gasteiger partial charge in [-0.1, -0.05) is 39.0 Å². The number of benzene rings is 13. The first-order chi connectivity index (χ1) is 44.4. The minimum atomic E-state index is -0.109. The summed E-state index contributed by atoms with van der Waals surface area (Å²) in [7, 11) is 0. The Bertz CT molecular complexity index is 4780. The van der Waals surface area contributed by atoms with E-state index >= 15 is 0 Å². The van der Waals surface area contributed by atoms with Crippen LogP contribution < -0.4 is 40.0 Å². The molecule has 0 saturated carbocycles. The third-order valence-electron chi connectivity index (χ3n) is 18.3. The maximum atomic E-state index is 2.60. The van der Waals surface area contributed by atoms with E-state index in [4.69, 9.17) is 0 Å². The predicted octanol–water partition coefficient (Wildman–Crippen LogP) is 19.8. The van der Waals surface area contributed by atoms with Crippen molar-refractivity contribution in [1.29, 1.82) is 0 Å². The molecule has 0 spiro atoms. The van der Waals surface area contributed by atoms with Gasteiger partial charge in [0.2, 0.25) is 0 Å². The molecule has 0 amide bonds. The molecule has 438 valence electrons. The van der Waals surface area contributed by atoms with E-state index in [0.717, 1.165) is 51.1 Å². The molecule has 2 heterocycles. The average Bonchev–Trinajstić information content (AvgIpc) is 0.709. The molecule has 13 aromatic rings. The fourth-order valence-corrected chi connectivity index (χ4v) is 16.2. The molecular weight excluding hydrogens is 1160 g/mol. The number of fused-ring (bicyclic) bond motifs is 4. The summed E-state index contributed by atoms with van der Waals surface area (Å²) in [5, 5.41) is 0. The van der Waals surface area contributed by atoms with Crippen LogP contribution in [-0.4, -0.2) is 21.7 Å². The molecule has 0 radical (unpaired) electrons. The Hall–Kier alpha value is -10.2. The van der Waals surface area contributed by atoms with Gasteiger partial charge in [-0.15, -0.1) is 0 Å². The Labute approximate surface area is 543 Å². The number of hydrogen-bond acceptors (Lipinski definition) is 3. The average molecular weight is 1240 g/mol. The SMILES string of the molecule is CC(C)(C)c1ccc(N(c2ccc3c(c2)[Se]c2cc(-c4ccccc4-c4ccccc4)cc4c2B3c2ccc(N(c3ccc(C(C)(C)C)cc3)c3ccccc3-c3ccccc3)cc2N4c2ccc(-c3ccccc3)cc2)c2ccccc2-c2ccccc2)cc1. The maximum absolute atomic E-state index is 2.60. The van der Waals surface area contributed by atoms with Crippen LogP contribution in [0.15, 0.2) is 315 Å². The predicted molar refractivity (Wildman–Crippen MR) is 391 cm³/mol. The van der Waals surface area contributed by atoms with Crippen LogP contribution in [0.2, 0.25) is 0 Å². The summed E-state index contributed by atoms with van der Waals surface area (Å²) in [6, 6.07) is 118. The summed E-state index contributed by atoms with van der Waals surface area (Å²) in [5.74, 6) is 0. The standard InChI is InChI=1S/C86H70BN3Se/c1-85(2,3)65-41-47-67(48-42-65)88(78-37-23-21-35-74(78)62-29-15-9-16-30-62)70-51-53-76-80(57-70)90(69-45-39-60(40-46-69)59-25-11-7-12-26-59)81-55-64(73-34-20-19-33-72(73)61-27-13-8-14-28-61)56-83-84(81)87(76)77-54-52-71(58-82(77)91-83)89(68-49-43-66(44-50-68)86(4,5)6)79-38-24-22-36-75(79)63-31-17-10-18-32-63/h7-58H,1-6H3. The van der Waals surface area contributed by atoms with E-state index in [1.54, 1.807) is 0 Å². The number of hydrogen-bond donors (Lipinski definition) is 0. The quantitative estimate of drug-likeness (QED) is 0.113. The summed E-state index contributed by atoms with van der Waals surface area (Å²) in [6.45, 7) is 13.7. The molecule has 0 unspecified atom stereocenters. The van der Waals surface area contributed by atoms with Crippen LogP contribution in [0, 0.1) is 0 Å². The molecule has 5 heteroatoms. The van der Waals surface area contributed by atoms with E-state index in [9.17, 15) is 0 Å². The van der Waals surface area contributed by atoms with Gasteiger partial charge in [0.15, 0.2) is 0 Å². The third kappa shape index (κ3) is 10.9. The molecule has 0 atom stereocenters. The molecule has 0 saturated heterocycles. The van der Waals surface area contributed by atoms with Gasteiger partial charge < -0.3 is 0 Å². The molecule has 0 bridgehead atoms. The van der Waals surface area contributed by atoms with Crippen molar-refractivity contribution >= 4 is 98.2 Å². The number of para-hydroxylation sites is 2. The molecule has 0 aliphatic carbocycles. The van der Waals surface area contributed by atoms with Crippen LogP contribution in [0.5, 0.6) is 0 Å². The number of rotatable bonds is 12. The van der Waals surface area contributed by atoms with Gasteiger partial charge in [0.1, 0.15) is 0 Å². The summed E-state index contributed by atoms with van der Waals surface area (Å²) in [4.78, 5) is 7.58. The van der Waals surface area contributed by atoms with Gasteiger partial charge in [0, 0.05) is 0 Å². The fourth-order valence-electron chi connectivity index (χ4n) is 13.6. The van der Waals surface area contributed by atoms with Gasteiger partial charge >= 0.3 is 503 Å². The Kier molecular flexibility index (Phi) is 14.9. The second-order valence-electron chi connectivity index (χ2n) is 26.1. The minimum absolute atomic E-state index is 0.00718. The van der Waals surface area contributed by atoms with Crippen LogP contribution in [0.3, 0.4) is 0 Å². The zero-order chi connectivity index (χ0) is 61.8. The van der Waals surface area contributed by atoms with Gasteiger partial charge in [-0.2, -0.15) is 0 Å². The second kappa shape index (κ2) is 23.7. The molecule has 3 nitrogen and oxygen atoms in total. The zero-order valence-electron chi connectivity index (χ0n) is 52.3. The number of anilines is 9. The Balaban J connectivity index is 0.986. The van der Waals surface area contributed by atoms with E-state index in [1.165, 1.54) is 92.2 Å². The molecule has 0 aromatic heterocycles. The van der Waals surface area contributed by atoms with Gasteiger partial charge in [0.25, 0.3) is 0 Å².